The van der Waals surface area contributed by atoms with Crippen LogP contribution in [0.25, 0.3) is 0 Å². The van der Waals surface area contributed by atoms with Gasteiger partial charge in [0.25, 0.3) is 5.91 Å². The molecular weight excluding hydrogens is 431 g/mol. The minimum atomic E-state index is -0.791. The third-order valence-corrected chi connectivity index (χ3v) is 5.66. The van der Waals surface area contributed by atoms with Gasteiger partial charge in [-0.15, -0.1) is 0 Å². The van der Waals surface area contributed by atoms with Crippen LogP contribution >= 0.6 is 0 Å². The molecule has 2 N–H and O–H groups in total. The van der Waals surface area contributed by atoms with Crippen LogP contribution in [0.4, 0.5) is 14.9 Å². The number of rotatable bonds is 6. The van der Waals surface area contributed by atoms with Crippen LogP contribution in [0.15, 0.2) is 53.7 Å². The zero-order valence-corrected chi connectivity index (χ0v) is 18.3. The summed E-state index contributed by atoms with van der Waals surface area (Å²) in [4.78, 5) is 41.2. The van der Waals surface area contributed by atoms with E-state index in [2.05, 4.69) is 10.6 Å². The molecule has 2 aliphatic rings. The van der Waals surface area contributed by atoms with Gasteiger partial charge in [-0.2, -0.15) is 0 Å². The number of para-hydroxylation sites is 2. The number of methoxy groups -OCH3 is 2. The molecule has 0 spiro atoms. The largest absolute Gasteiger partial charge is 0.493 e. The predicted molar refractivity (Wildman–Crippen MR) is 117 cm³/mol. The number of hydrogen-bond donors (Lipinski definition) is 2. The molecule has 10 heteroatoms. The summed E-state index contributed by atoms with van der Waals surface area (Å²) in [6, 6.07) is 9.78. The number of halogens is 1. The van der Waals surface area contributed by atoms with Crippen molar-refractivity contribution in [3.05, 3.63) is 65.1 Å². The number of likely N-dealkylation sites (N-methyl/N-ethyl adjacent to an activating group) is 1. The molecule has 33 heavy (non-hydrogen) atoms. The van der Waals surface area contributed by atoms with E-state index in [1.807, 2.05) is 0 Å². The van der Waals surface area contributed by atoms with Gasteiger partial charge in [0.15, 0.2) is 11.5 Å². The molecule has 0 saturated carbocycles. The Morgan fingerprint density at radius 3 is 2.61 bits per heavy atom. The van der Waals surface area contributed by atoms with Gasteiger partial charge in [0, 0.05) is 12.6 Å². The highest BCUT2D eigenvalue weighted by Gasteiger charge is 2.44. The highest BCUT2D eigenvalue weighted by molar-refractivity contribution is 6.04. The van der Waals surface area contributed by atoms with Crippen molar-refractivity contribution in [2.24, 2.45) is 0 Å². The van der Waals surface area contributed by atoms with Crippen molar-refractivity contribution in [2.75, 3.05) is 39.7 Å². The molecule has 0 saturated heterocycles. The lowest BCUT2D eigenvalue weighted by Crippen LogP contribution is -2.45. The predicted octanol–water partition coefficient (Wildman–Crippen LogP) is 2.27. The zero-order valence-electron chi connectivity index (χ0n) is 18.3. The average Bonchev–Trinajstić information content (AvgIpc) is 3.13. The van der Waals surface area contributed by atoms with Crippen LogP contribution in [-0.2, 0) is 9.59 Å². The van der Waals surface area contributed by atoms with Gasteiger partial charge in [-0.25, -0.2) is 9.18 Å². The van der Waals surface area contributed by atoms with Crippen molar-refractivity contribution in [3.63, 3.8) is 0 Å². The van der Waals surface area contributed by atoms with Gasteiger partial charge in [-0.05, 0) is 18.2 Å². The summed E-state index contributed by atoms with van der Waals surface area (Å²) in [5.41, 5.74) is 1.40. The van der Waals surface area contributed by atoms with Crippen molar-refractivity contribution in [2.45, 2.75) is 6.04 Å². The maximum absolute atomic E-state index is 13.9. The van der Waals surface area contributed by atoms with Crippen LogP contribution in [0.2, 0.25) is 0 Å². The van der Waals surface area contributed by atoms with E-state index < -0.39 is 29.7 Å². The van der Waals surface area contributed by atoms with E-state index in [-0.39, 0.29) is 18.8 Å². The molecule has 0 unspecified atom stereocenters. The number of hydrogen-bond acceptors (Lipinski definition) is 5. The van der Waals surface area contributed by atoms with Gasteiger partial charge in [0.1, 0.15) is 12.4 Å². The summed E-state index contributed by atoms with van der Waals surface area (Å²) in [6.07, 6.45) is 0. The number of ether oxygens (including phenoxy) is 2. The van der Waals surface area contributed by atoms with E-state index in [0.717, 1.165) is 0 Å². The molecule has 2 aromatic carbocycles. The average molecular weight is 454 g/mol. The first kappa shape index (κ1) is 22.1. The monoisotopic (exact) mass is 454 g/mol. The summed E-state index contributed by atoms with van der Waals surface area (Å²) in [7, 11) is 4.53. The normalized spacial score (nSPS) is 17.6. The number of nitrogens with zero attached hydrogens (tertiary/aromatic N) is 2. The van der Waals surface area contributed by atoms with Gasteiger partial charge >= 0.3 is 6.03 Å². The zero-order chi connectivity index (χ0) is 23.7. The molecule has 0 radical (unpaired) electrons. The van der Waals surface area contributed by atoms with E-state index in [0.29, 0.717) is 28.3 Å². The first-order chi connectivity index (χ1) is 15.8. The Hall–Kier alpha value is -4.08. The molecule has 1 atom stereocenters. The topological polar surface area (TPSA) is 100 Å². The third-order valence-electron chi connectivity index (χ3n) is 5.66. The van der Waals surface area contributed by atoms with Crippen LogP contribution in [-0.4, -0.2) is 62.0 Å². The quantitative estimate of drug-likeness (QED) is 0.698. The molecule has 2 aliphatic heterocycles. The van der Waals surface area contributed by atoms with E-state index in [9.17, 15) is 18.8 Å². The highest BCUT2D eigenvalue weighted by atomic mass is 19.1. The summed E-state index contributed by atoms with van der Waals surface area (Å²) >= 11 is 0. The molecule has 4 rings (SSSR count). The second kappa shape index (κ2) is 8.81. The lowest BCUT2D eigenvalue weighted by atomic mass is 9.94. The van der Waals surface area contributed by atoms with Crippen molar-refractivity contribution < 1.29 is 28.2 Å². The standard InChI is InChI=1S/C23H23FN4O5/c1-27-16-11-28(12-18(29)25-15-9-5-4-8-14(15)24)22(30)19(16)20(26-23(27)31)13-7-6-10-17(32-2)21(13)33-3/h4-10,20H,11-12H2,1-3H3,(H,25,29)(H,26,31)/t20-/m0/s1. The van der Waals surface area contributed by atoms with E-state index in [1.54, 1.807) is 31.3 Å². The molecule has 0 aromatic heterocycles. The fourth-order valence-electron chi connectivity index (χ4n) is 4.05. The first-order valence-electron chi connectivity index (χ1n) is 10.2. The molecule has 9 nitrogen and oxygen atoms in total. The summed E-state index contributed by atoms with van der Waals surface area (Å²) in [5, 5.41) is 5.30. The lowest BCUT2D eigenvalue weighted by molar-refractivity contribution is -0.130. The van der Waals surface area contributed by atoms with Crippen LogP contribution in [0.5, 0.6) is 11.5 Å². The molecular formula is C23H23FN4O5. The number of anilines is 1. The van der Waals surface area contributed by atoms with E-state index >= 15 is 0 Å². The first-order valence-corrected chi connectivity index (χ1v) is 10.2. The SMILES string of the molecule is COc1cccc([C@@H]2NC(=O)N(C)C3=C2C(=O)N(CC(=O)Nc2ccccc2F)C3)c1OC. The Morgan fingerprint density at radius 2 is 1.91 bits per heavy atom. The maximum atomic E-state index is 13.9. The fraction of sp³-hybridized carbons (Fsp3) is 0.261. The van der Waals surface area contributed by atoms with E-state index in [1.165, 1.54) is 42.2 Å². The van der Waals surface area contributed by atoms with Crippen molar-refractivity contribution in [1.82, 2.24) is 15.1 Å². The summed E-state index contributed by atoms with van der Waals surface area (Å²) in [5.74, 6) is -0.681. The smallest absolute Gasteiger partial charge is 0.322 e. The Labute approximate surface area is 189 Å². The van der Waals surface area contributed by atoms with Gasteiger partial charge in [0.05, 0.1) is 43.8 Å². The fourth-order valence-corrected chi connectivity index (χ4v) is 4.05. The lowest BCUT2D eigenvalue weighted by Gasteiger charge is -2.31. The van der Waals surface area contributed by atoms with Crippen LogP contribution < -0.4 is 20.1 Å². The number of nitrogens with one attached hydrogen (secondary N) is 2. The van der Waals surface area contributed by atoms with Gasteiger partial charge < -0.3 is 25.0 Å². The molecule has 2 aromatic rings. The summed E-state index contributed by atoms with van der Waals surface area (Å²) in [6.45, 7) is -0.240. The van der Waals surface area contributed by atoms with Crippen molar-refractivity contribution in [3.8, 4) is 11.5 Å². The Morgan fingerprint density at radius 1 is 1.15 bits per heavy atom. The minimum absolute atomic E-state index is 0.0276. The van der Waals surface area contributed by atoms with Crippen LogP contribution in [0.3, 0.4) is 0 Å². The second-order valence-electron chi connectivity index (χ2n) is 7.57. The van der Waals surface area contributed by atoms with Crippen LogP contribution in [0, 0.1) is 5.82 Å². The molecule has 4 amide bonds. The molecule has 0 bridgehead atoms. The number of carbonyl (C=O) groups excluding carboxylic acids is 3. The van der Waals surface area contributed by atoms with Gasteiger partial charge in [0.2, 0.25) is 5.91 Å². The van der Waals surface area contributed by atoms with Gasteiger partial charge in [-0.3, -0.25) is 14.5 Å². The Balaban J connectivity index is 1.62. The maximum Gasteiger partial charge on any atom is 0.322 e. The Bertz CT molecular complexity index is 1170. The number of amides is 4. The van der Waals surface area contributed by atoms with Gasteiger partial charge in [-0.1, -0.05) is 24.3 Å². The number of carbonyl (C=O) groups is 3. The number of benzene rings is 2. The number of urea groups is 1. The van der Waals surface area contributed by atoms with Crippen molar-refractivity contribution in [1.29, 1.82) is 0 Å². The van der Waals surface area contributed by atoms with E-state index in [4.69, 9.17) is 9.47 Å². The highest BCUT2D eigenvalue weighted by Crippen LogP contribution is 2.42. The molecule has 172 valence electrons. The molecule has 0 fully saturated rings. The summed E-state index contributed by atoms with van der Waals surface area (Å²) < 4.78 is 24.7. The van der Waals surface area contributed by atoms with Crippen molar-refractivity contribution >= 4 is 23.5 Å². The minimum Gasteiger partial charge on any atom is -0.493 e. The second-order valence-corrected chi connectivity index (χ2v) is 7.57. The Kier molecular flexibility index (Phi) is 5.91. The molecule has 2 heterocycles. The third kappa shape index (κ3) is 3.95. The van der Waals surface area contributed by atoms with Crippen LogP contribution in [0.1, 0.15) is 11.6 Å². The molecule has 0 aliphatic carbocycles.